The van der Waals surface area contributed by atoms with Crippen molar-refractivity contribution >= 4 is 17.3 Å². The molecule has 110 valence electrons. The summed E-state index contributed by atoms with van der Waals surface area (Å²) >= 11 is 5.92. The van der Waals surface area contributed by atoms with E-state index in [1.807, 2.05) is 6.07 Å². The first kappa shape index (κ1) is 15.3. The summed E-state index contributed by atoms with van der Waals surface area (Å²) in [6.45, 7) is 0. The molecule has 5 nitrogen and oxygen atoms in total. The molecular weight excluding hydrogens is 292 g/mol. The van der Waals surface area contributed by atoms with Crippen LogP contribution in [-0.2, 0) is 6.42 Å². The molecule has 0 bridgehead atoms. The molecule has 0 radical (unpaired) electrons. The number of halogens is 1. The molecular formula is C15H15ClN2O3. The lowest BCUT2D eigenvalue weighted by atomic mass is 9.99. The second-order valence-corrected chi connectivity index (χ2v) is 5.06. The molecule has 0 amide bonds. The van der Waals surface area contributed by atoms with E-state index in [-0.39, 0.29) is 11.7 Å². The van der Waals surface area contributed by atoms with Gasteiger partial charge in [0.1, 0.15) is 5.75 Å². The lowest BCUT2D eigenvalue weighted by Crippen LogP contribution is -2.14. The first-order valence-electron chi connectivity index (χ1n) is 6.33. The summed E-state index contributed by atoms with van der Waals surface area (Å²) in [6, 6.07) is 11.4. The molecule has 0 heterocycles. The highest BCUT2D eigenvalue weighted by Crippen LogP contribution is 2.29. The van der Waals surface area contributed by atoms with Crippen LogP contribution < -0.4 is 10.5 Å². The highest BCUT2D eigenvalue weighted by atomic mass is 35.5. The van der Waals surface area contributed by atoms with E-state index in [0.29, 0.717) is 17.2 Å². The monoisotopic (exact) mass is 306 g/mol. The minimum Gasteiger partial charge on any atom is -0.496 e. The predicted molar refractivity (Wildman–Crippen MR) is 81.7 cm³/mol. The molecule has 2 aromatic carbocycles. The molecule has 0 aliphatic heterocycles. The Morgan fingerprint density at radius 1 is 1.29 bits per heavy atom. The number of methoxy groups -OCH3 is 1. The van der Waals surface area contributed by atoms with Gasteiger partial charge in [0.15, 0.2) is 0 Å². The molecule has 6 heteroatoms. The van der Waals surface area contributed by atoms with Crippen LogP contribution in [0.25, 0.3) is 0 Å². The van der Waals surface area contributed by atoms with Gasteiger partial charge in [-0.05, 0) is 24.1 Å². The molecule has 1 atom stereocenters. The van der Waals surface area contributed by atoms with Crippen molar-refractivity contribution < 1.29 is 9.66 Å². The van der Waals surface area contributed by atoms with Crippen LogP contribution in [0.15, 0.2) is 42.5 Å². The maximum Gasteiger partial charge on any atom is 0.269 e. The van der Waals surface area contributed by atoms with Gasteiger partial charge in [-0.25, -0.2) is 0 Å². The number of rotatable bonds is 5. The lowest BCUT2D eigenvalue weighted by Gasteiger charge is -2.16. The Bertz CT molecular complexity index is 644. The minimum absolute atomic E-state index is 0.0661. The fourth-order valence-electron chi connectivity index (χ4n) is 2.11. The minimum atomic E-state index is -0.425. The second-order valence-electron chi connectivity index (χ2n) is 4.62. The summed E-state index contributed by atoms with van der Waals surface area (Å²) in [6.07, 6.45) is 0.552. The highest BCUT2D eigenvalue weighted by Gasteiger charge is 2.14. The molecule has 0 spiro atoms. The van der Waals surface area contributed by atoms with Crippen LogP contribution in [0.1, 0.15) is 17.2 Å². The van der Waals surface area contributed by atoms with Gasteiger partial charge in [0.25, 0.3) is 5.69 Å². The Balaban J connectivity index is 2.17. The number of nitro groups is 1. The van der Waals surface area contributed by atoms with Crippen molar-refractivity contribution in [2.75, 3.05) is 7.11 Å². The van der Waals surface area contributed by atoms with E-state index in [2.05, 4.69) is 0 Å². The third-order valence-electron chi connectivity index (χ3n) is 3.20. The maximum atomic E-state index is 10.6. The summed E-state index contributed by atoms with van der Waals surface area (Å²) < 4.78 is 5.28. The Hall–Kier alpha value is -2.11. The topological polar surface area (TPSA) is 78.4 Å². The van der Waals surface area contributed by atoms with E-state index in [4.69, 9.17) is 22.1 Å². The third-order valence-corrected chi connectivity index (χ3v) is 3.43. The maximum absolute atomic E-state index is 10.6. The van der Waals surface area contributed by atoms with Gasteiger partial charge in [-0.15, -0.1) is 0 Å². The van der Waals surface area contributed by atoms with E-state index in [9.17, 15) is 10.1 Å². The molecule has 0 fully saturated rings. The normalized spacial score (nSPS) is 12.0. The van der Waals surface area contributed by atoms with E-state index in [0.717, 1.165) is 11.1 Å². The molecule has 1 unspecified atom stereocenters. The summed E-state index contributed by atoms with van der Waals surface area (Å²) in [5, 5.41) is 11.2. The molecule has 0 saturated carbocycles. The standard InChI is InChI=1S/C15H15ClN2O3/c1-21-15-9-11(16)4-7-13(15)14(17)8-10-2-5-12(6-3-10)18(19)20/h2-7,9,14H,8,17H2,1H3. The first-order chi connectivity index (χ1) is 10.0. The van der Waals surface area contributed by atoms with Gasteiger partial charge < -0.3 is 10.5 Å². The first-order valence-corrected chi connectivity index (χ1v) is 6.71. The summed E-state index contributed by atoms with van der Waals surface area (Å²) in [5.74, 6) is 0.636. The molecule has 2 aromatic rings. The molecule has 2 rings (SSSR count). The zero-order valence-electron chi connectivity index (χ0n) is 11.5. The van der Waals surface area contributed by atoms with E-state index < -0.39 is 4.92 Å². The van der Waals surface area contributed by atoms with Crippen molar-refractivity contribution in [2.24, 2.45) is 5.73 Å². The van der Waals surface area contributed by atoms with Crippen LogP contribution in [0.2, 0.25) is 5.02 Å². The average Bonchev–Trinajstić information content (AvgIpc) is 2.47. The van der Waals surface area contributed by atoms with Crippen LogP contribution in [0, 0.1) is 10.1 Å². The number of nitrogens with two attached hydrogens (primary N) is 1. The number of non-ortho nitro benzene ring substituents is 1. The molecule has 21 heavy (non-hydrogen) atoms. The molecule has 0 aliphatic rings. The molecule has 0 saturated heterocycles. The van der Waals surface area contributed by atoms with Gasteiger partial charge in [-0.1, -0.05) is 29.8 Å². The number of nitrogens with zero attached hydrogens (tertiary/aromatic N) is 1. The largest absolute Gasteiger partial charge is 0.496 e. The van der Waals surface area contributed by atoms with Crippen LogP contribution in [0.4, 0.5) is 5.69 Å². The van der Waals surface area contributed by atoms with Gasteiger partial charge in [-0.3, -0.25) is 10.1 Å². The van der Waals surface area contributed by atoms with Gasteiger partial charge in [0.05, 0.1) is 12.0 Å². The van der Waals surface area contributed by atoms with Crippen LogP contribution in [0.3, 0.4) is 0 Å². The summed E-state index contributed by atoms with van der Waals surface area (Å²) in [4.78, 5) is 10.2. The third kappa shape index (κ3) is 3.71. The van der Waals surface area contributed by atoms with Crippen LogP contribution in [0.5, 0.6) is 5.75 Å². The van der Waals surface area contributed by atoms with Gasteiger partial charge >= 0.3 is 0 Å². The Morgan fingerprint density at radius 2 is 1.95 bits per heavy atom. The smallest absolute Gasteiger partial charge is 0.269 e. The zero-order chi connectivity index (χ0) is 15.4. The fourth-order valence-corrected chi connectivity index (χ4v) is 2.27. The Kier molecular flexibility index (Phi) is 4.77. The van der Waals surface area contributed by atoms with Crippen molar-refractivity contribution in [3.05, 3.63) is 68.7 Å². The van der Waals surface area contributed by atoms with Crippen LogP contribution >= 0.6 is 11.6 Å². The summed E-state index contributed by atoms with van der Waals surface area (Å²) in [5.41, 5.74) is 8.03. The quantitative estimate of drug-likeness (QED) is 0.677. The number of hydrogen-bond donors (Lipinski definition) is 1. The predicted octanol–water partition coefficient (Wildman–Crippen LogP) is 3.50. The van der Waals surface area contributed by atoms with Gasteiger partial charge in [0.2, 0.25) is 0 Å². The van der Waals surface area contributed by atoms with E-state index in [1.54, 1.807) is 31.4 Å². The highest BCUT2D eigenvalue weighted by molar-refractivity contribution is 6.30. The number of nitro benzene ring substituents is 1. The van der Waals surface area contributed by atoms with Crippen molar-refractivity contribution in [2.45, 2.75) is 12.5 Å². The molecule has 0 aliphatic carbocycles. The Labute approximate surface area is 127 Å². The summed E-state index contributed by atoms with van der Waals surface area (Å²) in [7, 11) is 1.56. The average molecular weight is 307 g/mol. The van der Waals surface area contributed by atoms with E-state index >= 15 is 0 Å². The number of ether oxygens (including phenoxy) is 1. The van der Waals surface area contributed by atoms with Gasteiger partial charge in [0, 0.05) is 28.8 Å². The fraction of sp³-hybridized carbons (Fsp3) is 0.200. The van der Waals surface area contributed by atoms with Crippen molar-refractivity contribution in [1.29, 1.82) is 0 Å². The van der Waals surface area contributed by atoms with E-state index in [1.165, 1.54) is 12.1 Å². The second kappa shape index (κ2) is 6.56. The molecule has 0 aromatic heterocycles. The molecule has 2 N–H and O–H groups in total. The van der Waals surface area contributed by atoms with Crippen molar-refractivity contribution in [3.63, 3.8) is 0 Å². The number of benzene rings is 2. The Morgan fingerprint density at radius 3 is 2.52 bits per heavy atom. The van der Waals surface area contributed by atoms with Gasteiger partial charge in [-0.2, -0.15) is 0 Å². The zero-order valence-corrected chi connectivity index (χ0v) is 12.2. The van der Waals surface area contributed by atoms with Crippen molar-refractivity contribution in [1.82, 2.24) is 0 Å². The number of hydrogen-bond acceptors (Lipinski definition) is 4. The lowest BCUT2D eigenvalue weighted by molar-refractivity contribution is -0.384. The van der Waals surface area contributed by atoms with Crippen LogP contribution in [-0.4, -0.2) is 12.0 Å². The SMILES string of the molecule is COc1cc(Cl)ccc1C(N)Cc1ccc([N+](=O)[O-])cc1. The van der Waals surface area contributed by atoms with Crippen molar-refractivity contribution in [3.8, 4) is 5.75 Å².